The second kappa shape index (κ2) is 7.18. The van der Waals surface area contributed by atoms with Crippen molar-refractivity contribution in [2.24, 2.45) is 0 Å². The summed E-state index contributed by atoms with van der Waals surface area (Å²) in [4.78, 5) is 23.3. The zero-order chi connectivity index (χ0) is 17.7. The number of rotatable bonds is 4. The van der Waals surface area contributed by atoms with Crippen LogP contribution in [0.25, 0.3) is 0 Å². The van der Waals surface area contributed by atoms with E-state index in [1.54, 1.807) is 0 Å². The zero-order valence-electron chi connectivity index (χ0n) is 12.1. The second-order valence-electron chi connectivity index (χ2n) is 4.81. The van der Waals surface area contributed by atoms with Gasteiger partial charge in [0.2, 0.25) is 0 Å². The molecule has 0 fully saturated rings. The van der Waals surface area contributed by atoms with Gasteiger partial charge in [0, 0.05) is 17.8 Å². The molecule has 2 amide bonds. The fraction of sp³-hybridized carbons (Fsp3) is 0.200. The summed E-state index contributed by atoms with van der Waals surface area (Å²) in [6.45, 7) is -0.223. The first-order valence-electron chi connectivity index (χ1n) is 6.74. The molecule has 24 heavy (non-hydrogen) atoms. The molecule has 0 bridgehead atoms. The van der Waals surface area contributed by atoms with E-state index in [4.69, 9.17) is 4.42 Å². The van der Waals surface area contributed by atoms with Crippen LogP contribution in [0.15, 0.2) is 47.3 Å². The van der Waals surface area contributed by atoms with Crippen LogP contribution < -0.4 is 10.6 Å². The Kier molecular flexibility index (Phi) is 5.24. The molecule has 6 nitrogen and oxygen atoms in total. The maximum atomic E-state index is 12.4. The molecule has 3 N–H and O–H groups in total. The highest BCUT2D eigenvalue weighted by Gasteiger charge is 2.30. The number of hydrogen-bond donors (Lipinski definition) is 3. The van der Waals surface area contributed by atoms with Crippen LogP contribution in [0.4, 0.5) is 18.9 Å². The number of halogens is 3. The van der Waals surface area contributed by atoms with E-state index in [9.17, 15) is 27.9 Å². The van der Waals surface area contributed by atoms with Gasteiger partial charge in [0.1, 0.15) is 0 Å². The number of aliphatic hydroxyl groups is 1. The Morgan fingerprint density at radius 1 is 1.12 bits per heavy atom. The Labute approximate surface area is 134 Å². The molecule has 0 aliphatic rings. The summed E-state index contributed by atoms with van der Waals surface area (Å²) in [6.07, 6.45) is -2.90. The molecule has 0 unspecified atom stereocenters. The molecule has 2 aromatic rings. The maximum absolute atomic E-state index is 12.4. The topological polar surface area (TPSA) is 91.6 Å². The van der Waals surface area contributed by atoms with Crippen molar-refractivity contribution >= 4 is 17.5 Å². The number of nitrogens with one attached hydrogen (secondary N) is 2. The largest absolute Gasteiger partial charge is 0.472 e. The highest BCUT2D eigenvalue weighted by atomic mass is 19.4. The summed E-state index contributed by atoms with van der Waals surface area (Å²) in [5, 5.41) is 14.1. The lowest BCUT2D eigenvalue weighted by Crippen LogP contribution is -2.37. The molecule has 1 heterocycles. The summed E-state index contributed by atoms with van der Waals surface area (Å²) < 4.78 is 42.0. The number of carbonyl (C=O) groups is 2. The van der Waals surface area contributed by atoms with Gasteiger partial charge >= 0.3 is 18.0 Å². The molecule has 0 radical (unpaired) electrons. The molecule has 0 saturated heterocycles. The third-order valence-corrected chi connectivity index (χ3v) is 3.06. The van der Waals surface area contributed by atoms with Crippen molar-refractivity contribution in [1.82, 2.24) is 5.32 Å². The Morgan fingerprint density at radius 3 is 2.33 bits per heavy atom. The van der Waals surface area contributed by atoms with E-state index in [0.717, 1.165) is 24.3 Å². The van der Waals surface area contributed by atoms with Crippen LogP contribution in [0.3, 0.4) is 0 Å². The zero-order valence-corrected chi connectivity index (χ0v) is 12.1. The number of anilines is 1. The van der Waals surface area contributed by atoms with Gasteiger partial charge in [-0.05, 0) is 30.3 Å². The van der Waals surface area contributed by atoms with Crippen molar-refractivity contribution in [3.63, 3.8) is 0 Å². The summed E-state index contributed by atoms with van der Waals surface area (Å²) >= 11 is 0. The first-order chi connectivity index (χ1) is 11.3. The lowest BCUT2D eigenvalue weighted by molar-refractivity contribution is -0.137. The van der Waals surface area contributed by atoms with Gasteiger partial charge in [0.15, 0.2) is 0 Å². The standard InChI is InChI=1S/C15H13F3N2O4/c16-15(17,18)10-1-3-11(4-2-10)20-14(23)13(22)19-7-12(21)9-5-6-24-8-9/h1-6,8,12,21H,7H2,(H,19,22)(H,20,23)/t12-/m1/s1. The Bertz CT molecular complexity index is 697. The number of aliphatic hydroxyl groups excluding tert-OH is 1. The highest BCUT2D eigenvalue weighted by Crippen LogP contribution is 2.29. The van der Waals surface area contributed by atoms with E-state index in [1.807, 2.05) is 0 Å². The van der Waals surface area contributed by atoms with E-state index in [1.165, 1.54) is 18.6 Å². The summed E-state index contributed by atoms with van der Waals surface area (Å²) in [5.74, 6) is -2.09. The molecule has 9 heteroatoms. The normalized spacial score (nSPS) is 12.5. The van der Waals surface area contributed by atoms with Crippen LogP contribution in [0.1, 0.15) is 17.2 Å². The quantitative estimate of drug-likeness (QED) is 0.742. The first kappa shape index (κ1) is 17.5. The van der Waals surface area contributed by atoms with E-state index in [-0.39, 0.29) is 12.2 Å². The van der Waals surface area contributed by atoms with E-state index >= 15 is 0 Å². The molecular formula is C15H13F3N2O4. The van der Waals surface area contributed by atoms with Gasteiger partial charge in [0.25, 0.3) is 0 Å². The summed E-state index contributed by atoms with van der Waals surface area (Å²) in [5.41, 5.74) is -0.398. The van der Waals surface area contributed by atoms with E-state index < -0.39 is 29.7 Å². The number of alkyl halides is 3. The minimum absolute atomic E-state index is 0.0403. The van der Waals surface area contributed by atoms with Gasteiger partial charge in [-0.1, -0.05) is 0 Å². The van der Waals surface area contributed by atoms with Gasteiger partial charge in [-0.3, -0.25) is 9.59 Å². The minimum atomic E-state index is -4.48. The van der Waals surface area contributed by atoms with Crippen molar-refractivity contribution in [2.75, 3.05) is 11.9 Å². The van der Waals surface area contributed by atoms with Crippen molar-refractivity contribution in [2.45, 2.75) is 12.3 Å². The van der Waals surface area contributed by atoms with Crippen LogP contribution in [-0.2, 0) is 15.8 Å². The van der Waals surface area contributed by atoms with Gasteiger partial charge in [0.05, 0.1) is 24.2 Å². The molecule has 128 valence electrons. The Morgan fingerprint density at radius 2 is 1.79 bits per heavy atom. The summed E-state index contributed by atoms with van der Waals surface area (Å²) in [6, 6.07) is 5.15. The average molecular weight is 342 g/mol. The lowest BCUT2D eigenvalue weighted by Gasteiger charge is -2.11. The number of furan rings is 1. The number of carbonyl (C=O) groups excluding carboxylic acids is 2. The molecule has 1 atom stereocenters. The Hall–Kier alpha value is -2.81. The van der Waals surface area contributed by atoms with Gasteiger partial charge < -0.3 is 20.2 Å². The smallest absolute Gasteiger partial charge is 0.416 e. The lowest BCUT2D eigenvalue weighted by atomic mass is 10.2. The van der Waals surface area contributed by atoms with Crippen molar-refractivity contribution in [3.05, 3.63) is 54.0 Å². The predicted molar refractivity (Wildman–Crippen MR) is 76.8 cm³/mol. The van der Waals surface area contributed by atoms with Gasteiger partial charge in [-0.2, -0.15) is 13.2 Å². The second-order valence-corrected chi connectivity index (χ2v) is 4.81. The predicted octanol–water partition coefficient (Wildman–Crippen LogP) is 2.09. The number of benzene rings is 1. The fourth-order valence-corrected chi connectivity index (χ4v) is 1.78. The number of amides is 2. The molecule has 0 aliphatic heterocycles. The molecule has 1 aromatic carbocycles. The fourth-order valence-electron chi connectivity index (χ4n) is 1.78. The average Bonchev–Trinajstić information content (AvgIpc) is 3.06. The maximum Gasteiger partial charge on any atom is 0.416 e. The van der Waals surface area contributed by atoms with Gasteiger partial charge in [-0.15, -0.1) is 0 Å². The third kappa shape index (κ3) is 4.59. The van der Waals surface area contributed by atoms with Gasteiger partial charge in [-0.25, -0.2) is 0 Å². The monoisotopic (exact) mass is 342 g/mol. The molecule has 0 saturated carbocycles. The van der Waals surface area contributed by atoms with Crippen LogP contribution in [0.2, 0.25) is 0 Å². The molecule has 2 rings (SSSR count). The van der Waals surface area contributed by atoms with Crippen LogP contribution >= 0.6 is 0 Å². The molecular weight excluding hydrogens is 329 g/mol. The van der Waals surface area contributed by atoms with Crippen molar-refractivity contribution in [3.8, 4) is 0 Å². The molecule has 0 spiro atoms. The minimum Gasteiger partial charge on any atom is -0.472 e. The van der Waals surface area contributed by atoms with E-state index in [2.05, 4.69) is 10.6 Å². The summed E-state index contributed by atoms with van der Waals surface area (Å²) in [7, 11) is 0. The molecule has 1 aromatic heterocycles. The third-order valence-electron chi connectivity index (χ3n) is 3.06. The van der Waals surface area contributed by atoms with Crippen LogP contribution in [0, 0.1) is 0 Å². The van der Waals surface area contributed by atoms with Crippen LogP contribution in [0.5, 0.6) is 0 Å². The Balaban J connectivity index is 1.86. The number of hydrogen-bond acceptors (Lipinski definition) is 4. The SMILES string of the molecule is O=C(NC[C@@H](O)c1ccoc1)C(=O)Nc1ccc(C(F)(F)F)cc1. The highest BCUT2D eigenvalue weighted by molar-refractivity contribution is 6.39. The molecule has 0 aliphatic carbocycles. The van der Waals surface area contributed by atoms with E-state index in [0.29, 0.717) is 5.56 Å². The van der Waals surface area contributed by atoms with Crippen LogP contribution in [-0.4, -0.2) is 23.5 Å². The van der Waals surface area contributed by atoms with Crippen molar-refractivity contribution in [1.29, 1.82) is 0 Å². The first-order valence-corrected chi connectivity index (χ1v) is 6.74. The van der Waals surface area contributed by atoms with Crippen molar-refractivity contribution < 1.29 is 32.3 Å².